The molecule has 1 amide bonds. The highest BCUT2D eigenvalue weighted by Crippen LogP contribution is 2.29. The molecule has 1 saturated heterocycles. The highest BCUT2D eigenvalue weighted by molar-refractivity contribution is 5.88. The fourth-order valence-corrected chi connectivity index (χ4v) is 3.59. The number of carbonyl (C=O) groups is 1. The third kappa shape index (κ3) is 4.65. The SMILES string of the molecule is Cc1cc2occ(CC(=O)NCCCN3CCOCC3)c2cc1C(C)C. The number of rotatable bonds is 7. The van der Waals surface area contributed by atoms with E-state index in [0.29, 0.717) is 18.9 Å². The molecule has 0 bridgehead atoms. The summed E-state index contributed by atoms with van der Waals surface area (Å²) in [5.41, 5.74) is 4.38. The molecule has 5 heteroatoms. The number of furan rings is 1. The monoisotopic (exact) mass is 358 g/mol. The first kappa shape index (κ1) is 18.9. The summed E-state index contributed by atoms with van der Waals surface area (Å²) in [6, 6.07) is 4.26. The molecule has 1 aliphatic heterocycles. The zero-order valence-corrected chi connectivity index (χ0v) is 16.1. The molecule has 0 atom stereocenters. The molecule has 1 aromatic heterocycles. The van der Waals surface area contributed by atoms with Gasteiger partial charge in [0.2, 0.25) is 5.91 Å². The van der Waals surface area contributed by atoms with Crippen molar-refractivity contribution in [1.29, 1.82) is 0 Å². The molecule has 0 spiro atoms. The van der Waals surface area contributed by atoms with Gasteiger partial charge in [-0.05, 0) is 49.1 Å². The van der Waals surface area contributed by atoms with Crippen molar-refractivity contribution in [3.05, 3.63) is 35.1 Å². The van der Waals surface area contributed by atoms with Crippen molar-refractivity contribution in [3.63, 3.8) is 0 Å². The number of hydrogen-bond donors (Lipinski definition) is 1. The van der Waals surface area contributed by atoms with Crippen molar-refractivity contribution in [3.8, 4) is 0 Å². The number of morpholine rings is 1. The van der Waals surface area contributed by atoms with Gasteiger partial charge in [-0.3, -0.25) is 9.69 Å². The van der Waals surface area contributed by atoms with Crippen LogP contribution in [0.25, 0.3) is 11.0 Å². The number of fused-ring (bicyclic) bond motifs is 1. The highest BCUT2D eigenvalue weighted by atomic mass is 16.5. The molecule has 0 radical (unpaired) electrons. The van der Waals surface area contributed by atoms with Crippen LogP contribution < -0.4 is 5.32 Å². The van der Waals surface area contributed by atoms with Gasteiger partial charge in [0.1, 0.15) is 5.58 Å². The Bertz CT molecular complexity index is 745. The molecule has 0 aliphatic carbocycles. The second-order valence-corrected chi connectivity index (χ2v) is 7.45. The van der Waals surface area contributed by atoms with Crippen LogP contribution in [0.15, 0.2) is 22.8 Å². The Balaban J connectivity index is 1.53. The van der Waals surface area contributed by atoms with Crippen LogP contribution in [-0.4, -0.2) is 50.2 Å². The molecule has 2 aromatic rings. The number of ether oxygens (including phenoxy) is 1. The van der Waals surface area contributed by atoms with Gasteiger partial charge in [-0.25, -0.2) is 0 Å². The summed E-state index contributed by atoms with van der Waals surface area (Å²) < 4.78 is 11.0. The third-order valence-corrected chi connectivity index (χ3v) is 5.09. The number of benzene rings is 1. The maximum atomic E-state index is 12.3. The van der Waals surface area contributed by atoms with E-state index in [0.717, 1.165) is 55.8 Å². The zero-order valence-electron chi connectivity index (χ0n) is 16.1. The van der Waals surface area contributed by atoms with E-state index in [1.807, 2.05) is 0 Å². The van der Waals surface area contributed by atoms with Crippen LogP contribution in [-0.2, 0) is 16.0 Å². The van der Waals surface area contributed by atoms with E-state index in [4.69, 9.17) is 9.15 Å². The van der Waals surface area contributed by atoms with Crippen LogP contribution in [0.3, 0.4) is 0 Å². The largest absolute Gasteiger partial charge is 0.464 e. The van der Waals surface area contributed by atoms with Crippen LogP contribution in [0.4, 0.5) is 0 Å². The Morgan fingerprint density at radius 3 is 2.77 bits per heavy atom. The molecule has 2 heterocycles. The maximum Gasteiger partial charge on any atom is 0.224 e. The van der Waals surface area contributed by atoms with E-state index in [-0.39, 0.29) is 5.91 Å². The standard InChI is InChI=1S/C21H30N2O3/c1-15(2)18-13-19-17(14-26-20(19)11-16(18)3)12-21(24)22-5-4-6-23-7-9-25-10-8-23/h11,13-15H,4-10,12H2,1-3H3,(H,22,24). The summed E-state index contributed by atoms with van der Waals surface area (Å²) in [4.78, 5) is 14.7. The van der Waals surface area contributed by atoms with Gasteiger partial charge in [0.15, 0.2) is 0 Å². The lowest BCUT2D eigenvalue weighted by Gasteiger charge is -2.26. The van der Waals surface area contributed by atoms with Gasteiger partial charge in [0.25, 0.3) is 0 Å². The number of hydrogen-bond acceptors (Lipinski definition) is 4. The lowest BCUT2D eigenvalue weighted by molar-refractivity contribution is -0.120. The minimum Gasteiger partial charge on any atom is -0.464 e. The average Bonchev–Trinajstić information content (AvgIpc) is 3.00. The van der Waals surface area contributed by atoms with Crippen LogP contribution in [0.5, 0.6) is 0 Å². The van der Waals surface area contributed by atoms with Gasteiger partial charge in [0.05, 0.1) is 25.9 Å². The highest BCUT2D eigenvalue weighted by Gasteiger charge is 2.14. The minimum atomic E-state index is 0.0568. The lowest BCUT2D eigenvalue weighted by atomic mass is 9.95. The quantitative estimate of drug-likeness (QED) is 0.772. The van der Waals surface area contributed by atoms with Crippen molar-refractivity contribution in [2.75, 3.05) is 39.4 Å². The van der Waals surface area contributed by atoms with Crippen molar-refractivity contribution in [2.24, 2.45) is 0 Å². The Kier molecular flexibility index (Phi) is 6.33. The zero-order chi connectivity index (χ0) is 18.5. The second-order valence-electron chi connectivity index (χ2n) is 7.45. The van der Waals surface area contributed by atoms with Crippen LogP contribution in [0.1, 0.15) is 42.9 Å². The Morgan fingerprint density at radius 1 is 1.27 bits per heavy atom. The molecule has 3 rings (SSSR count). The first-order chi connectivity index (χ1) is 12.5. The van der Waals surface area contributed by atoms with Gasteiger partial charge < -0.3 is 14.5 Å². The summed E-state index contributed by atoms with van der Waals surface area (Å²) in [6.07, 6.45) is 3.06. The van der Waals surface area contributed by atoms with Crippen molar-refractivity contribution in [2.45, 2.75) is 39.5 Å². The summed E-state index contributed by atoms with van der Waals surface area (Å²) in [5.74, 6) is 0.512. The molecule has 1 fully saturated rings. The molecule has 26 heavy (non-hydrogen) atoms. The van der Waals surface area contributed by atoms with E-state index in [1.165, 1.54) is 11.1 Å². The van der Waals surface area contributed by atoms with Gasteiger partial charge >= 0.3 is 0 Å². The first-order valence-electron chi connectivity index (χ1n) is 9.62. The van der Waals surface area contributed by atoms with E-state index in [2.05, 4.69) is 43.1 Å². The van der Waals surface area contributed by atoms with E-state index in [1.54, 1.807) is 6.26 Å². The Labute approximate surface area is 155 Å². The molecular formula is C21H30N2O3. The predicted octanol–water partition coefficient (Wildman–Crippen LogP) is 3.25. The van der Waals surface area contributed by atoms with Gasteiger partial charge in [0, 0.05) is 30.6 Å². The summed E-state index contributed by atoms with van der Waals surface area (Å²) in [5, 5.41) is 4.09. The van der Waals surface area contributed by atoms with E-state index >= 15 is 0 Å². The molecule has 142 valence electrons. The number of amides is 1. The summed E-state index contributed by atoms with van der Waals surface area (Å²) >= 11 is 0. The fraction of sp³-hybridized carbons (Fsp3) is 0.571. The molecule has 5 nitrogen and oxygen atoms in total. The molecule has 1 aliphatic rings. The van der Waals surface area contributed by atoms with Crippen LogP contribution in [0.2, 0.25) is 0 Å². The number of nitrogens with zero attached hydrogens (tertiary/aromatic N) is 1. The minimum absolute atomic E-state index is 0.0568. The van der Waals surface area contributed by atoms with Crippen molar-refractivity contribution < 1.29 is 13.9 Å². The summed E-state index contributed by atoms with van der Waals surface area (Å²) in [6.45, 7) is 11.8. The normalized spacial score (nSPS) is 15.7. The average molecular weight is 358 g/mol. The number of aryl methyl sites for hydroxylation is 1. The number of carbonyl (C=O) groups excluding carboxylic acids is 1. The third-order valence-electron chi connectivity index (χ3n) is 5.09. The number of nitrogens with one attached hydrogen (secondary N) is 1. The van der Waals surface area contributed by atoms with Gasteiger partial charge in [-0.1, -0.05) is 13.8 Å². The fourth-order valence-electron chi connectivity index (χ4n) is 3.59. The molecule has 1 N–H and O–H groups in total. The molecule has 0 unspecified atom stereocenters. The summed E-state index contributed by atoms with van der Waals surface area (Å²) in [7, 11) is 0. The van der Waals surface area contributed by atoms with Crippen molar-refractivity contribution >= 4 is 16.9 Å². The Hall–Kier alpha value is -1.85. The first-order valence-corrected chi connectivity index (χ1v) is 9.62. The smallest absolute Gasteiger partial charge is 0.224 e. The van der Waals surface area contributed by atoms with Gasteiger partial charge in [-0.2, -0.15) is 0 Å². The molecule has 1 aromatic carbocycles. The van der Waals surface area contributed by atoms with Crippen molar-refractivity contribution in [1.82, 2.24) is 10.2 Å². The second kappa shape index (κ2) is 8.69. The van der Waals surface area contributed by atoms with Crippen LogP contribution in [0, 0.1) is 6.92 Å². The van der Waals surface area contributed by atoms with Gasteiger partial charge in [-0.15, -0.1) is 0 Å². The van der Waals surface area contributed by atoms with E-state index < -0.39 is 0 Å². The van der Waals surface area contributed by atoms with E-state index in [9.17, 15) is 4.79 Å². The molecule has 0 saturated carbocycles. The Morgan fingerprint density at radius 2 is 2.04 bits per heavy atom. The topological polar surface area (TPSA) is 54.7 Å². The molecular weight excluding hydrogens is 328 g/mol. The van der Waals surface area contributed by atoms with Crippen LogP contribution >= 0.6 is 0 Å². The predicted molar refractivity (Wildman–Crippen MR) is 104 cm³/mol. The lowest BCUT2D eigenvalue weighted by Crippen LogP contribution is -2.38. The maximum absolute atomic E-state index is 12.3.